The summed E-state index contributed by atoms with van der Waals surface area (Å²) >= 11 is 0. The maximum atomic E-state index is 12.8. The lowest BCUT2D eigenvalue weighted by atomic mass is 10.2. The molecule has 1 fully saturated rings. The molecule has 4 heterocycles. The third-order valence-corrected chi connectivity index (χ3v) is 6.29. The molecule has 0 amide bonds. The number of rotatable bonds is 3. The van der Waals surface area contributed by atoms with Crippen molar-refractivity contribution < 1.29 is 4.21 Å². The second kappa shape index (κ2) is 5.79. The second-order valence-corrected chi connectivity index (χ2v) is 7.76. The quantitative estimate of drug-likeness (QED) is 0.617. The van der Waals surface area contributed by atoms with E-state index in [-0.39, 0.29) is 6.04 Å². The molecule has 0 spiro atoms. The van der Waals surface area contributed by atoms with Gasteiger partial charge in [-0.05, 0) is 24.6 Å². The number of nitrogens with one attached hydrogen (secondary N) is 1. The third-order valence-electron chi connectivity index (χ3n) is 4.82. The van der Waals surface area contributed by atoms with Crippen LogP contribution in [0.1, 0.15) is 12.5 Å². The van der Waals surface area contributed by atoms with E-state index in [1.807, 2.05) is 53.2 Å². The van der Waals surface area contributed by atoms with Gasteiger partial charge in [-0.2, -0.15) is 0 Å². The van der Waals surface area contributed by atoms with Crippen LogP contribution in [0.15, 0.2) is 60.0 Å². The predicted molar refractivity (Wildman–Crippen MR) is 97.5 cm³/mol. The summed E-state index contributed by atoms with van der Waals surface area (Å²) in [4.78, 5) is 12.9. The van der Waals surface area contributed by atoms with Crippen molar-refractivity contribution in [3.63, 3.8) is 0 Å². The van der Waals surface area contributed by atoms with Gasteiger partial charge in [-0.3, -0.25) is 0 Å². The molecule has 1 unspecified atom stereocenters. The molecule has 5 rings (SSSR count). The van der Waals surface area contributed by atoms with E-state index in [4.69, 9.17) is 0 Å². The lowest BCUT2D eigenvalue weighted by molar-refractivity contribution is 0.492. The van der Waals surface area contributed by atoms with Gasteiger partial charge in [0.1, 0.15) is 22.1 Å². The lowest BCUT2D eigenvalue weighted by Gasteiger charge is -2.16. The molecule has 1 aromatic carbocycles. The van der Waals surface area contributed by atoms with Gasteiger partial charge in [-0.1, -0.05) is 18.2 Å². The third kappa shape index (κ3) is 2.39. The molecule has 0 bridgehead atoms. The number of fused-ring (bicyclic) bond motifs is 3. The fourth-order valence-corrected chi connectivity index (χ4v) is 4.85. The average Bonchev–Trinajstić information content (AvgIpc) is 3.38. The summed E-state index contributed by atoms with van der Waals surface area (Å²) in [6.45, 7) is 1.56. The predicted octanol–water partition coefficient (Wildman–Crippen LogP) is 2.88. The number of H-pyrrole nitrogens is 1. The van der Waals surface area contributed by atoms with Gasteiger partial charge in [-0.25, -0.2) is 18.5 Å². The maximum absolute atomic E-state index is 12.8. The SMILES string of the molecule is O=S(c1ccccc1)N1CC[C@@H](n2cnc3cnc4[nH]ccc4c32)C1. The molecule has 4 aromatic rings. The Morgan fingerprint density at radius 1 is 1.16 bits per heavy atom. The van der Waals surface area contributed by atoms with Crippen LogP contribution in [0.4, 0.5) is 0 Å². The highest BCUT2D eigenvalue weighted by Crippen LogP contribution is 2.30. The van der Waals surface area contributed by atoms with Crippen LogP contribution in [0.2, 0.25) is 0 Å². The minimum absolute atomic E-state index is 0.262. The van der Waals surface area contributed by atoms with Crippen LogP contribution in [0, 0.1) is 0 Å². The number of hydrogen-bond acceptors (Lipinski definition) is 3. The molecule has 1 saturated heterocycles. The lowest BCUT2D eigenvalue weighted by Crippen LogP contribution is -2.24. The minimum Gasteiger partial charge on any atom is -0.346 e. The largest absolute Gasteiger partial charge is 0.346 e. The van der Waals surface area contributed by atoms with Gasteiger partial charge in [0.05, 0.1) is 29.0 Å². The Morgan fingerprint density at radius 3 is 2.92 bits per heavy atom. The number of aromatic nitrogens is 4. The second-order valence-electron chi connectivity index (χ2n) is 6.28. The summed E-state index contributed by atoms with van der Waals surface area (Å²) in [6, 6.07) is 12.0. The molecule has 0 saturated carbocycles. The van der Waals surface area contributed by atoms with Crippen molar-refractivity contribution in [2.45, 2.75) is 17.4 Å². The molecule has 1 N–H and O–H groups in total. The first-order valence-electron chi connectivity index (χ1n) is 8.32. The average molecular weight is 351 g/mol. The zero-order valence-electron chi connectivity index (χ0n) is 13.5. The van der Waals surface area contributed by atoms with Crippen LogP contribution in [0.5, 0.6) is 0 Å². The fourth-order valence-electron chi connectivity index (χ4n) is 3.58. The van der Waals surface area contributed by atoms with Crippen molar-refractivity contribution in [2.24, 2.45) is 0 Å². The molecule has 7 heteroatoms. The molecule has 3 aromatic heterocycles. The van der Waals surface area contributed by atoms with Crippen LogP contribution >= 0.6 is 0 Å². The van der Waals surface area contributed by atoms with Crippen molar-refractivity contribution >= 4 is 33.1 Å². The van der Waals surface area contributed by atoms with Gasteiger partial charge in [0.25, 0.3) is 0 Å². The van der Waals surface area contributed by atoms with E-state index in [0.29, 0.717) is 0 Å². The Labute approximate surface area is 147 Å². The van der Waals surface area contributed by atoms with E-state index < -0.39 is 11.0 Å². The molecule has 2 atom stereocenters. The number of hydrogen-bond donors (Lipinski definition) is 1. The fraction of sp³-hybridized carbons (Fsp3) is 0.222. The van der Waals surface area contributed by atoms with Crippen molar-refractivity contribution in [1.29, 1.82) is 0 Å². The zero-order valence-corrected chi connectivity index (χ0v) is 14.3. The number of pyridine rings is 1. The van der Waals surface area contributed by atoms with E-state index in [2.05, 4.69) is 19.5 Å². The Kier molecular flexibility index (Phi) is 3.43. The van der Waals surface area contributed by atoms with Gasteiger partial charge >= 0.3 is 0 Å². The Morgan fingerprint density at radius 2 is 2.04 bits per heavy atom. The first kappa shape index (κ1) is 14.8. The molecule has 1 aliphatic heterocycles. The molecule has 1 aliphatic rings. The maximum Gasteiger partial charge on any atom is 0.139 e. The number of nitrogens with zero attached hydrogens (tertiary/aromatic N) is 4. The van der Waals surface area contributed by atoms with Gasteiger partial charge in [-0.15, -0.1) is 0 Å². The van der Waals surface area contributed by atoms with E-state index in [1.54, 1.807) is 6.20 Å². The van der Waals surface area contributed by atoms with Gasteiger partial charge in [0, 0.05) is 24.7 Å². The first-order valence-corrected chi connectivity index (χ1v) is 9.42. The van der Waals surface area contributed by atoms with Crippen molar-refractivity contribution in [3.05, 3.63) is 55.1 Å². The molecular weight excluding hydrogens is 334 g/mol. The Hall–Kier alpha value is -2.51. The summed E-state index contributed by atoms with van der Waals surface area (Å²) in [7, 11) is -1.11. The zero-order chi connectivity index (χ0) is 16.8. The van der Waals surface area contributed by atoms with E-state index in [0.717, 1.165) is 46.5 Å². The van der Waals surface area contributed by atoms with Crippen LogP contribution < -0.4 is 0 Å². The number of benzene rings is 1. The van der Waals surface area contributed by atoms with E-state index >= 15 is 0 Å². The molecule has 0 radical (unpaired) electrons. The first-order chi connectivity index (χ1) is 12.3. The Balaban J connectivity index is 1.48. The van der Waals surface area contributed by atoms with Crippen LogP contribution in [0.3, 0.4) is 0 Å². The highest BCUT2D eigenvalue weighted by molar-refractivity contribution is 7.82. The molecular formula is C18H17N5OS. The van der Waals surface area contributed by atoms with Gasteiger partial charge in [0.15, 0.2) is 0 Å². The van der Waals surface area contributed by atoms with Gasteiger partial charge in [0.2, 0.25) is 0 Å². The van der Waals surface area contributed by atoms with Gasteiger partial charge < -0.3 is 9.55 Å². The Bertz CT molecular complexity index is 1070. The summed E-state index contributed by atoms with van der Waals surface area (Å²) in [5.74, 6) is 0. The summed E-state index contributed by atoms with van der Waals surface area (Å²) in [5, 5.41) is 1.08. The topological polar surface area (TPSA) is 66.8 Å². The van der Waals surface area contributed by atoms with Crippen molar-refractivity contribution in [1.82, 2.24) is 23.8 Å². The van der Waals surface area contributed by atoms with E-state index in [9.17, 15) is 4.21 Å². The smallest absolute Gasteiger partial charge is 0.139 e. The minimum atomic E-state index is -1.11. The monoisotopic (exact) mass is 351 g/mol. The molecule has 25 heavy (non-hydrogen) atoms. The highest BCUT2D eigenvalue weighted by atomic mass is 32.2. The van der Waals surface area contributed by atoms with Crippen molar-refractivity contribution in [3.8, 4) is 0 Å². The number of imidazole rings is 1. The normalized spacial score (nSPS) is 19.8. The highest BCUT2D eigenvalue weighted by Gasteiger charge is 2.29. The summed E-state index contributed by atoms with van der Waals surface area (Å²) in [6.07, 6.45) is 6.55. The number of aromatic amines is 1. The molecule has 0 aliphatic carbocycles. The standard InChI is InChI=1S/C18H17N5OS/c24-25(14-4-2-1-3-5-14)22-9-7-13(11-22)23-12-21-16-10-20-18-15(17(16)23)6-8-19-18/h1-6,8,10,12-13H,7,9,11H2,(H,19,20)/t13-,25?/m1/s1. The summed E-state index contributed by atoms with van der Waals surface area (Å²) < 4.78 is 17.1. The van der Waals surface area contributed by atoms with Crippen LogP contribution in [-0.4, -0.2) is 41.1 Å². The summed E-state index contributed by atoms with van der Waals surface area (Å²) in [5.41, 5.74) is 2.87. The van der Waals surface area contributed by atoms with Crippen molar-refractivity contribution in [2.75, 3.05) is 13.1 Å². The van der Waals surface area contributed by atoms with Crippen LogP contribution in [0.25, 0.3) is 22.1 Å². The van der Waals surface area contributed by atoms with Crippen LogP contribution in [-0.2, 0) is 11.0 Å². The molecule has 126 valence electrons. The van der Waals surface area contributed by atoms with E-state index in [1.165, 1.54) is 0 Å². The molecule has 6 nitrogen and oxygen atoms in total.